The molecule has 0 fully saturated rings. The summed E-state index contributed by atoms with van der Waals surface area (Å²) in [5.74, 6) is -1.05. The fourth-order valence-electron chi connectivity index (χ4n) is 1.47. The van der Waals surface area contributed by atoms with Crippen LogP contribution in [-0.4, -0.2) is 25.4 Å². The van der Waals surface area contributed by atoms with Crippen molar-refractivity contribution in [3.05, 3.63) is 29.6 Å². The van der Waals surface area contributed by atoms with Crippen molar-refractivity contribution in [2.75, 3.05) is 5.75 Å². The number of hydrogen-bond donors (Lipinski definition) is 1. The van der Waals surface area contributed by atoms with Gasteiger partial charge in [0.1, 0.15) is 5.82 Å². The van der Waals surface area contributed by atoms with Gasteiger partial charge in [-0.1, -0.05) is 0 Å². The Morgan fingerprint density at radius 1 is 1.53 bits per heavy atom. The number of nitrogens with zero attached hydrogens (tertiary/aromatic N) is 1. The molecule has 0 radical (unpaired) electrons. The van der Waals surface area contributed by atoms with Crippen LogP contribution >= 0.6 is 0 Å². The molecule has 17 heavy (non-hydrogen) atoms. The van der Waals surface area contributed by atoms with Crippen LogP contribution in [0.4, 0.5) is 4.39 Å². The molecule has 1 N–H and O–H groups in total. The molecule has 4 nitrogen and oxygen atoms in total. The SMILES string of the molecule is Cc1cc(F)ccc1S(=O)(=O)CC(O)CC#N. The van der Waals surface area contributed by atoms with E-state index in [4.69, 9.17) is 5.26 Å². The van der Waals surface area contributed by atoms with E-state index in [9.17, 15) is 17.9 Å². The number of halogens is 1. The van der Waals surface area contributed by atoms with Gasteiger partial charge in [-0.2, -0.15) is 5.26 Å². The fourth-order valence-corrected chi connectivity index (χ4v) is 3.10. The molecule has 92 valence electrons. The lowest BCUT2D eigenvalue weighted by Crippen LogP contribution is -2.21. The summed E-state index contributed by atoms with van der Waals surface area (Å²) in [6.07, 6.45) is -1.48. The van der Waals surface area contributed by atoms with Crippen LogP contribution in [0, 0.1) is 24.1 Å². The number of aliphatic hydroxyl groups excluding tert-OH is 1. The molecular formula is C11H12FNO3S. The van der Waals surface area contributed by atoms with Gasteiger partial charge in [0.25, 0.3) is 0 Å². The summed E-state index contributed by atoms with van der Waals surface area (Å²) in [5.41, 5.74) is 0.286. The second-order valence-corrected chi connectivity index (χ2v) is 5.71. The van der Waals surface area contributed by atoms with E-state index in [1.165, 1.54) is 13.0 Å². The predicted octanol–water partition coefficient (Wildman–Crippen LogP) is 1.18. The van der Waals surface area contributed by atoms with Crippen LogP contribution in [0.1, 0.15) is 12.0 Å². The summed E-state index contributed by atoms with van der Waals surface area (Å²) in [5, 5.41) is 17.7. The Balaban J connectivity index is 3.02. The summed E-state index contributed by atoms with van der Waals surface area (Å²) < 4.78 is 36.5. The third kappa shape index (κ3) is 3.51. The van der Waals surface area contributed by atoms with Crippen molar-refractivity contribution in [1.82, 2.24) is 0 Å². The lowest BCUT2D eigenvalue weighted by atomic mass is 10.2. The topological polar surface area (TPSA) is 78.2 Å². The van der Waals surface area contributed by atoms with E-state index in [1.807, 2.05) is 0 Å². The molecular weight excluding hydrogens is 245 g/mol. The lowest BCUT2D eigenvalue weighted by Gasteiger charge is -2.10. The highest BCUT2D eigenvalue weighted by Gasteiger charge is 2.21. The molecule has 1 aromatic carbocycles. The summed E-state index contributed by atoms with van der Waals surface area (Å²) in [6, 6.07) is 5.02. The van der Waals surface area contributed by atoms with E-state index in [0.29, 0.717) is 0 Å². The zero-order valence-corrected chi connectivity index (χ0v) is 10.0. The van der Waals surface area contributed by atoms with Crippen molar-refractivity contribution in [2.24, 2.45) is 0 Å². The van der Waals surface area contributed by atoms with Gasteiger partial charge in [0.2, 0.25) is 0 Å². The minimum Gasteiger partial charge on any atom is -0.391 e. The molecule has 0 spiro atoms. The standard InChI is InChI=1S/C11H12FNO3S/c1-8-6-9(12)2-3-11(8)17(15,16)7-10(14)4-5-13/h2-3,6,10,14H,4,7H2,1H3. The van der Waals surface area contributed by atoms with E-state index in [1.54, 1.807) is 6.07 Å². The van der Waals surface area contributed by atoms with Gasteiger partial charge < -0.3 is 5.11 Å². The van der Waals surface area contributed by atoms with Crippen LogP contribution < -0.4 is 0 Å². The third-order valence-electron chi connectivity index (χ3n) is 2.21. The van der Waals surface area contributed by atoms with Crippen LogP contribution in [0.25, 0.3) is 0 Å². The van der Waals surface area contributed by atoms with Crippen LogP contribution in [-0.2, 0) is 9.84 Å². The zero-order valence-electron chi connectivity index (χ0n) is 9.22. The fraction of sp³-hybridized carbons (Fsp3) is 0.364. The molecule has 0 saturated heterocycles. The smallest absolute Gasteiger partial charge is 0.181 e. The number of sulfone groups is 1. The Morgan fingerprint density at radius 3 is 2.71 bits per heavy atom. The van der Waals surface area contributed by atoms with Gasteiger partial charge in [-0.3, -0.25) is 0 Å². The number of aryl methyl sites for hydroxylation is 1. The van der Waals surface area contributed by atoms with Crippen molar-refractivity contribution >= 4 is 9.84 Å². The van der Waals surface area contributed by atoms with Crippen LogP contribution in [0.3, 0.4) is 0 Å². The molecule has 0 aliphatic heterocycles. The first-order valence-electron chi connectivity index (χ1n) is 4.91. The maximum atomic E-state index is 12.8. The largest absolute Gasteiger partial charge is 0.391 e. The van der Waals surface area contributed by atoms with Gasteiger partial charge in [-0.05, 0) is 30.7 Å². The monoisotopic (exact) mass is 257 g/mol. The minimum atomic E-state index is -3.70. The second-order valence-electron chi connectivity index (χ2n) is 3.71. The molecule has 6 heteroatoms. The van der Waals surface area contributed by atoms with Crippen molar-refractivity contribution in [3.8, 4) is 6.07 Å². The van der Waals surface area contributed by atoms with E-state index in [0.717, 1.165) is 12.1 Å². The number of hydrogen-bond acceptors (Lipinski definition) is 4. The first-order chi connectivity index (χ1) is 7.86. The molecule has 0 aliphatic carbocycles. The molecule has 0 amide bonds. The predicted molar refractivity (Wildman–Crippen MR) is 59.4 cm³/mol. The van der Waals surface area contributed by atoms with Crippen LogP contribution in [0.5, 0.6) is 0 Å². The van der Waals surface area contributed by atoms with Crippen molar-refractivity contribution in [2.45, 2.75) is 24.3 Å². The highest BCUT2D eigenvalue weighted by molar-refractivity contribution is 7.91. The van der Waals surface area contributed by atoms with E-state index >= 15 is 0 Å². The van der Waals surface area contributed by atoms with Gasteiger partial charge in [0.05, 0.1) is 29.2 Å². The van der Waals surface area contributed by atoms with Crippen LogP contribution in [0.2, 0.25) is 0 Å². The summed E-state index contributed by atoms with van der Waals surface area (Å²) in [6.45, 7) is 1.48. The zero-order chi connectivity index (χ0) is 13.1. The van der Waals surface area contributed by atoms with Gasteiger partial charge in [-0.15, -0.1) is 0 Å². The van der Waals surface area contributed by atoms with E-state index in [-0.39, 0.29) is 16.9 Å². The number of benzene rings is 1. The minimum absolute atomic E-state index is 0.0177. The quantitative estimate of drug-likeness (QED) is 0.822. The maximum Gasteiger partial charge on any atom is 0.181 e. The molecule has 0 bridgehead atoms. The van der Waals surface area contributed by atoms with Crippen molar-refractivity contribution in [1.29, 1.82) is 5.26 Å². The number of nitriles is 1. The van der Waals surface area contributed by atoms with E-state index < -0.39 is 27.5 Å². The van der Waals surface area contributed by atoms with Gasteiger partial charge in [0, 0.05) is 0 Å². The lowest BCUT2D eigenvalue weighted by molar-refractivity contribution is 0.202. The van der Waals surface area contributed by atoms with Crippen LogP contribution in [0.15, 0.2) is 23.1 Å². The van der Waals surface area contributed by atoms with Crippen molar-refractivity contribution in [3.63, 3.8) is 0 Å². The first kappa shape index (κ1) is 13.6. The molecule has 0 saturated carbocycles. The molecule has 1 atom stereocenters. The Kier molecular flexibility index (Phi) is 4.21. The Labute approximate surface area is 99.2 Å². The molecule has 0 aromatic heterocycles. The highest BCUT2D eigenvalue weighted by atomic mass is 32.2. The summed E-state index contributed by atoms with van der Waals surface area (Å²) in [7, 11) is -3.70. The first-order valence-corrected chi connectivity index (χ1v) is 6.56. The molecule has 0 heterocycles. The average molecular weight is 257 g/mol. The van der Waals surface area contributed by atoms with Gasteiger partial charge >= 0.3 is 0 Å². The van der Waals surface area contributed by atoms with E-state index in [2.05, 4.69) is 0 Å². The molecule has 0 aliphatic rings. The Hall–Kier alpha value is -1.45. The third-order valence-corrected chi connectivity index (χ3v) is 4.16. The number of aliphatic hydroxyl groups is 1. The molecule has 1 rings (SSSR count). The van der Waals surface area contributed by atoms with Crippen molar-refractivity contribution < 1.29 is 17.9 Å². The van der Waals surface area contributed by atoms with Gasteiger partial charge in [0.15, 0.2) is 9.84 Å². The molecule has 1 aromatic rings. The number of rotatable bonds is 4. The average Bonchev–Trinajstić information content (AvgIpc) is 2.15. The van der Waals surface area contributed by atoms with Gasteiger partial charge in [-0.25, -0.2) is 12.8 Å². The maximum absolute atomic E-state index is 12.8. The molecule has 1 unspecified atom stereocenters. The summed E-state index contributed by atoms with van der Waals surface area (Å²) >= 11 is 0. The normalized spacial score (nSPS) is 13.1. The second kappa shape index (κ2) is 5.25. The summed E-state index contributed by atoms with van der Waals surface area (Å²) in [4.78, 5) is -0.0177. The highest BCUT2D eigenvalue weighted by Crippen LogP contribution is 2.18. The Morgan fingerprint density at radius 2 is 2.18 bits per heavy atom. The Bertz CT molecular complexity index is 548.